The lowest BCUT2D eigenvalue weighted by atomic mass is 10.1. The van der Waals surface area contributed by atoms with Crippen molar-refractivity contribution in [3.8, 4) is 0 Å². The van der Waals surface area contributed by atoms with Gasteiger partial charge in [0, 0.05) is 6.54 Å². The molecule has 0 radical (unpaired) electrons. The average Bonchev–Trinajstić information content (AvgIpc) is 2.97. The van der Waals surface area contributed by atoms with Crippen LogP contribution in [0.2, 0.25) is 0 Å². The van der Waals surface area contributed by atoms with Gasteiger partial charge in [-0.25, -0.2) is 9.37 Å². The minimum absolute atomic E-state index is 0.0428. The Morgan fingerprint density at radius 1 is 1.25 bits per heavy atom. The number of nitrogens with zero attached hydrogens (tertiary/aromatic N) is 1. The van der Waals surface area contributed by atoms with E-state index in [9.17, 15) is 9.18 Å². The lowest BCUT2D eigenvalue weighted by Crippen LogP contribution is -2.27. The molecule has 3 aromatic rings. The Morgan fingerprint density at radius 3 is 2.83 bits per heavy atom. The summed E-state index contributed by atoms with van der Waals surface area (Å²) in [5.74, 6) is 0.0151. The van der Waals surface area contributed by atoms with Gasteiger partial charge in [-0.05, 0) is 48.7 Å². The molecule has 0 aliphatic rings. The van der Waals surface area contributed by atoms with E-state index in [0.717, 1.165) is 21.8 Å². The number of benzene rings is 2. The van der Waals surface area contributed by atoms with E-state index in [1.165, 1.54) is 29.5 Å². The number of amides is 1. The van der Waals surface area contributed by atoms with Crippen LogP contribution in [0.1, 0.15) is 11.1 Å². The maximum absolute atomic E-state index is 12.8. The summed E-state index contributed by atoms with van der Waals surface area (Å²) in [6.45, 7) is 2.56. The van der Waals surface area contributed by atoms with Crippen LogP contribution in [-0.2, 0) is 11.2 Å². The molecule has 3 rings (SSSR count). The van der Waals surface area contributed by atoms with Gasteiger partial charge in [-0.1, -0.05) is 30.0 Å². The second-order valence-electron chi connectivity index (χ2n) is 5.58. The van der Waals surface area contributed by atoms with E-state index >= 15 is 0 Å². The fourth-order valence-corrected chi connectivity index (χ4v) is 3.07. The molecule has 2 aromatic carbocycles. The first-order valence-electron chi connectivity index (χ1n) is 7.70. The van der Waals surface area contributed by atoms with Crippen LogP contribution in [0, 0.1) is 12.7 Å². The van der Waals surface area contributed by atoms with Crippen molar-refractivity contribution < 1.29 is 9.18 Å². The van der Waals surface area contributed by atoms with Crippen LogP contribution >= 0.6 is 11.8 Å². The van der Waals surface area contributed by atoms with Gasteiger partial charge in [-0.15, -0.1) is 0 Å². The Morgan fingerprint density at radius 2 is 2.04 bits per heavy atom. The van der Waals surface area contributed by atoms with E-state index < -0.39 is 0 Å². The number of aromatic amines is 1. The molecule has 0 fully saturated rings. The topological polar surface area (TPSA) is 57.8 Å². The summed E-state index contributed by atoms with van der Waals surface area (Å²) in [5.41, 5.74) is 4.05. The SMILES string of the molecule is Cc1ccc2nc(SCC(=O)NCCc3ccc(F)cc3)[nH]c2c1. The maximum Gasteiger partial charge on any atom is 0.230 e. The first-order valence-corrected chi connectivity index (χ1v) is 8.69. The van der Waals surface area contributed by atoms with Crippen LogP contribution in [0.25, 0.3) is 11.0 Å². The van der Waals surface area contributed by atoms with Crippen molar-refractivity contribution in [2.24, 2.45) is 0 Å². The number of halogens is 1. The standard InChI is InChI=1S/C18H18FN3OS/c1-12-2-7-15-16(10-12)22-18(21-15)24-11-17(23)20-9-8-13-3-5-14(19)6-4-13/h2-7,10H,8-9,11H2,1H3,(H,20,23)(H,21,22). The number of thioether (sulfide) groups is 1. The molecule has 2 N–H and O–H groups in total. The molecule has 0 atom stereocenters. The number of aromatic nitrogens is 2. The third-order valence-corrected chi connectivity index (χ3v) is 4.48. The molecule has 4 nitrogen and oxygen atoms in total. The van der Waals surface area contributed by atoms with Gasteiger partial charge in [0.25, 0.3) is 0 Å². The molecule has 1 amide bonds. The predicted octanol–water partition coefficient (Wildman–Crippen LogP) is 3.46. The molecule has 0 bridgehead atoms. The van der Waals surface area contributed by atoms with E-state index in [0.29, 0.717) is 18.7 Å². The zero-order valence-electron chi connectivity index (χ0n) is 13.3. The number of fused-ring (bicyclic) bond motifs is 1. The lowest BCUT2D eigenvalue weighted by molar-refractivity contribution is -0.118. The average molecular weight is 343 g/mol. The number of carbonyl (C=O) groups is 1. The molecule has 24 heavy (non-hydrogen) atoms. The number of hydrogen-bond donors (Lipinski definition) is 2. The van der Waals surface area contributed by atoms with Crippen LogP contribution in [-0.4, -0.2) is 28.2 Å². The molecule has 6 heteroatoms. The van der Waals surface area contributed by atoms with E-state index in [4.69, 9.17) is 0 Å². The summed E-state index contributed by atoms with van der Waals surface area (Å²) >= 11 is 1.38. The molecular weight excluding hydrogens is 325 g/mol. The molecule has 0 aliphatic carbocycles. The van der Waals surface area contributed by atoms with Gasteiger partial charge in [0.05, 0.1) is 16.8 Å². The zero-order chi connectivity index (χ0) is 16.9. The van der Waals surface area contributed by atoms with Gasteiger partial charge in [0.2, 0.25) is 5.91 Å². The Balaban J connectivity index is 1.45. The summed E-state index contributed by atoms with van der Waals surface area (Å²) in [7, 11) is 0. The molecule has 1 aromatic heterocycles. The Kier molecular flexibility index (Phi) is 5.15. The van der Waals surface area contributed by atoms with Gasteiger partial charge < -0.3 is 10.3 Å². The summed E-state index contributed by atoms with van der Waals surface area (Å²) in [5, 5.41) is 3.60. The number of hydrogen-bond acceptors (Lipinski definition) is 3. The summed E-state index contributed by atoms with van der Waals surface area (Å²) in [6.07, 6.45) is 0.681. The molecule has 1 heterocycles. The Hall–Kier alpha value is -2.34. The van der Waals surface area contributed by atoms with Crippen molar-refractivity contribution in [1.82, 2.24) is 15.3 Å². The van der Waals surface area contributed by atoms with Crippen molar-refractivity contribution in [1.29, 1.82) is 0 Å². The van der Waals surface area contributed by atoms with Crippen LogP contribution in [0.15, 0.2) is 47.6 Å². The van der Waals surface area contributed by atoms with Crippen LogP contribution in [0.5, 0.6) is 0 Å². The largest absolute Gasteiger partial charge is 0.355 e. The third-order valence-electron chi connectivity index (χ3n) is 3.60. The Bertz CT molecular complexity index is 845. The van der Waals surface area contributed by atoms with Crippen LogP contribution in [0.3, 0.4) is 0 Å². The molecule has 0 saturated carbocycles. The summed E-state index contributed by atoms with van der Waals surface area (Å²) in [6, 6.07) is 12.3. The lowest BCUT2D eigenvalue weighted by Gasteiger charge is -2.04. The molecule has 0 saturated heterocycles. The van der Waals surface area contributed by atoms with Gasteiger partial charge in [0.15, 0.2) is 5.16 Å². The molecule has 0 aliphatic heterocycles. The van der Waals surface area contributed by atoms with E-state index in [1.54, 1.807) is 12.1 Å². The zero-order valence-corrected chi connectivity index (χ0v) is 14.1. The van der Waals surface area contributed by atoms with Crippen molar-refractivity contribution >= 4 is 28.7 Å². The highest BCUT2D eigenvalue weighted by atomic mass is 32.2. The van der Waals surface area contributed by atoms with Crippen LogP contribution < -0.4 is 5.32 Å². The number of H-pyrrole nitrogens is 1. The molecule has 124 valence electrons. The molecule has 0 spiro atoms. The number of rotatable bonds is 6. The number of carbonyl (C=O) groups excluding carboxylic acids is 1. The number of imidazole rings is 1. The predicted molar refractivity (Wildman–Crippen MR) is 94.7 cm³/mol. The minimum atomic E-state index is -0.250. The highest BCUT2D eigenvalue weighted by Gasteiger charge is 2.07. The quantitative estimate of drug-likeness (QED) is 0.674. The third kappa shape index (κ3) is 4.35. The van der Waals surface area contributed by atoms with Crippen molar-refractivity contribution in [3.05, 3.63) is 59.4 Å². The van der Waals surface area contributed by atoms with Gasteiger partial charge in [-0.2, -0.15) is 0 Å². The first kappa shape index (κ1) is 16.5. The highest BCUT2D eigenvalue weighted by Crippen LogP contribution is 2.20. The second-order valence-corrected chi connectivity index (χ2v) is 6.54. The van der Waals surface area contributed by atoms with Crippen molar-refractivity contribution in [2.75, 3.05) is 12.3 Å². The van der Waals surface area contributed by atoms with Crippen molar-refractivity contribution in [2.45, 2.75) is 18.5 Å². The Labute approximate surface area is 143 Å². The fraction of sp³-hybridized carbons (Fsp3) is 0.222. The second kappa shape index (κ2) is 7.49. The highest BCUT2D eigenvalue weighted by molar-refractivity contribution is 7.99. The monoisotopic (exact) mass is 343 g/mol. The normalized spacial score (nSPS) is 10.9. The maximum atomic E-state index is 12.8. The minimum Gasteiger partial charge on any atom is -0.355 e. The van der Waals surface area contributed by atoms with Gasteiger partial charge in [-0.3, -0.25) is 4.79 Å². The smallest absolute Gasteiger partial charge is 0.230 e. The van der Waals surface area contributed by atoms with Gasteiger partial charge >= 0.3 is 0 Å². The molecule has 0 unspecified atom stereocenters. The van der Waals surface area contributed by atoms with E-state index in [2.05, 4.69) is 15.3 Å². The summed E-state index contributed by atoms with van der Waals surface area (Å²) < 4.78 is 12.8. The van der Waals surface area contributed by atoms with E-state index in [-0.39, 0.29) is 11.7 Å². The first-order chi connectivity index (χ1) is 11.6. The van der Waals surface area contributed by atoms with Crippen molar-refractivity contribution in [3.63, 3.8) is 0 Å². The van der Waals surface area contributed by atoms with Crippen LogP contribution in [0.4, 0.5) is 4.39 Å². The van der Waals surface area contributed by atoms with Gasteiger partial charge in [0.1, 0.15) is 5.82 Å². The van der Waals surface area contributed by atoms with E-state index in [1.807, 2.05) is 25.1 Å². The molecular formula is C18H18FN3OS. The summed E-state index contributed by atoms with van der Waals surface area (Å²) in [4.78, 5) is 19.6. The number of aryl methyl sites for hydroxylation is 1. The number of nitrogens with one attached hydrogen (secondary N) is 2. The fourth-order valence-electron chi connectivity index (χ4n) is 2.35.